The van der Waals surface area contributed by atoms with E-state index in [1.54, 1.807) is 12.3 Å². The Hall–Kier alpha value is -2.21. The molecular weight excluding hydrogens is 269 g/mol. The lowest BCUT2D eigenvalue weighted by molar-refractivity contribution is 0.628. The number of aromatic nitrogens is 4. The number of aryl methyl sites for hydroxylation is 1. The van der Waals surface area contributed by atoms with Crippen molar-refractivity contribution in [3.63, 3.8) is 0 Å². The molecule has 19 heavy (non-hydrogen) atoms. The van der Waals surface area contributed by atoms with Gasteiger partial charge in [0.05, 0.1) is 22.3 Å². The van der Waals surface area contributed by atoms with Gasteiger partial charge in [0.25, 0.3) is 0 Å². The topological polar surface area (TPSA) is 66.5 Å². The minimum absolute atomic E-state index is 0.0457. The monoisotopic (exact) mass is 277 g/mol. The van der Waals surface area contributed by atoms with Crippen LogP contribution in [-0.4, -0.2) is 20.2 Å². The van der Waals surface area contributed by atoms with Crippen LogP contribution in [0.3, 0.4) is 0 Å². The van der Waals surface area contributed by atoms with Gasteiger partial charge in [0.1, 0.15) is 5.82 Å². The zero-order valence-electron chi connectivity index (χ0n) is 9.91. The van der Waals surface area contributed by atoms with Crippen LogP contribution in [0.4, 0.5) is 16.0 Å². The maximum Gasteiger partial charge on any atom is 0.229 e. The van der Waals surface area contributed by atoms with Crippen molar-refractivity contribution in [3.8, 4) is 0 Å². The van der Waals surface area contributed by atoms with Gasteiger partial charge in [-0.05, 0) is 25.1 Å². The van der Waals surface area contributed by atoms with Crippen LogP contribution in [-0.2, 0) is 0 Å². The molecule has 0 spiro atoms. The number of nitrogens with one attached hydrogen (secondary N) is 2. The third-order valence-corrected chi connectivity index (χ3v) is 2.97. The van der Waals surface area contributed by atoms with Gasteiger partial charge >= 0.3 is 0 Å². The molecule has 96 valence electrons. The van der Waals surface area contributed by atoms with Crippen LogP contribution in [0, 0.1) is 12.7 Å². The highest BCUT2D eigenvalue weighted by Gasteiger charge is 2.07. The van der Waals surface area contributed by atoms with E-state index in [1.165, 1.54) is 12.1 Å². The van der Waals surface area contributed by atoms with E-state index in [0.717, 1.165) is 11.1 Å². The molecule has 3 rings (SSSR count). The van der Waals surface area contributed by atoms with Crippen LogP contribution in [0.1, 0.15) is 5.69 Å². The Morgan fingerprint density at radius 1 is 1.32 bits per heavy atom. The molecule has 0 fully saturated rings. The highest BCUT2D eigenvalue weighted by molar-refractivity contribution is 6.31. The summed E-state index contributed by atoms with van der Waals surface area (Å²) in [6.07, 6.45) is 1.67. The maximum atomic E-state index is 13.1. The summed E-state index contributed by atoms with van der Waals surface area (Å²) in [7, 11) is 0. The van der Waals surface area contributed by atoms with Gasteiger partial charge in [0, 0.05) is 5.69 Å². The van der Waals surface area contributed by atoms with E-state index in [1.807, 2.05) is 6.92 Å². The predicted molar refractivity (Wildman–Crippen MR) is 71.1 cm³/mol. The van der Waals surface area contributed by atoms with Crippen molar-refractivity contribution in [2.45, 2.75) is 6.92 Å². The summed E-state index contributed by atoms with van der Waals surface area (Å²) in [4.78, 5) is 8.57. The first kappa shape index (κ1) is 11.9. The normalized spacial score (nSPS) is 10.9. The lowest BCUT2D eigenvalue weighted by atomic mass is 10.3. The Bertz CT molecular complexity index is 755. The molecule has 0 unspecified atom stereocenters. The Morgan fingerprint density at radius 3 is 2.95 bits per heavy atom. The number of hydrogen-bond acceptors (Lipinski definition) is 4. The van der Waals surface area contributed by atoms with Crippen molar-refractivity contribution in [3.05, 3.63) is 40.9 Å². The number of aromatic amines is 1. The molecule has 3 aromatic rings. The van der Waals surface area contributed by atoms with E-state index in [0.29, 0.717) is 17.3 Å². The number of nitrogens with zero attached hydrogens (tertiary/aromatic N) is 3. The fourth-order valence-corrected chi connectivity index (χ4v) is 1.92. The molecule has 0 aliphatic carbocycles. The fourth-order valence-electron chi connectivity index (χ4n) is 1.74. The van der Waals surface area contributed by atoms with E-state index >= 15 is 0 Å². The standard InChI is InChI=1S/C12H9ClFN5/c1-6-8-5-15-19-11(8)18-12(16-6)17-7-2-3-10(14)9(13)4-7/h2-5H,1H3,(H2,15,16,17,18,19). The highest BCUT2D eigenvalue weighted by atomic mass is 35.5. The first-order valence-corrected chi connectivity index (χ1v) is 5.91. The average Bonchev–Trinajstić information content (AvgIpc) is 2.82. The number of H-pyrrole nitrogens is 1. The van der Waals surface area contributed by atoms with Gasteiger partial charge in [-0.25, -0.2) is 9.37 Å². The zero-order valence-corrected chi connectivity index (χ0v) is 10.7. The fraction of sp³-hybridized carbons (Fsp3) is 0.0833. The molecule has 2 aromatic heterocycles. The van der Waals surface area contributed by atoms with Gasteiger partial charge in [-0.1, -0.05) is 11.6 Å². The summed E-state index contributed by atoms with van der Waals surface area (Å²) in [5, 5.41) is 10.6. The quantitative estimate of drug-likeness (QED) is 0.755. The molecule has 0 aliphatic heterocycles. The Kier molecular flexibility index (Phi) is 2.79. The summed E-state index contributed by atoms with van der Waals surface area (Å²) in [5.74, 6) is -0.0646. The minimum Gasteiger partial charge on any atom is -0.324 e. The molecule has 1 aromatic carbocycles. The van der Waals surface area contributed by atoms with Crippen molar-refractivity contribution < 1.29 is 4.39 Å². The van der Waals surface area contributed by atoms with Crippen LogP contribution in [0.2, 0.25) is 5.02 Å². The molecular formula is C12H9ClFN5. The van der Waals surface area contributed by atoms with Crippen molar-refractivity contribution in [2.24, 2.45) is 0 Å². The van der Waals surface area contributed by atoms with Gasteiger partial charge in [0.2, 0.25) is 5.95 Å². The molecule has 0 saturated heterocycles. The summed E-state index contributed by atoms with van der Waals surface area (Å²) in [6, 6.07) is 4.33. The summed E-state index contributed by atoms with van der Waals surface area (Å²) in [6.45, 7) is 1.86. The molecule has 7 heteroatoms. The number of fused-ring (bicyclic) bond motifs is 1. The minimum atomic E-state index is -0.465. The molecule has 0 saturated carbocycles. The van der Waals surface area contributed by atoms with E-state index < -0.39 is 5.82 Å². The number of halogens is 2. The predicted octanol–water partition coefficient (Wildman–Crippen LogP) is 3.20. The molecule has 2 N–H and O–H groups in total. The maximum absolute atomic E-state index is 13.1. The highest BCUT2D eigenvalue weighted by Crippen LogP contribution is 2.22. The van der Waals surface area contributed by atoms with Gasteiger partial charge in [0.15, 0.2) is 5.65 Å². The Balaban J connectivity index is 1.98. The largest absolute Gasteiger partial charge is 0.324 e. The van der Waals surface area contributed by atoms with Crippen LogP contribution in [0.15, 0.2) is 24.4 Å². The third-order valence-electron chi connectivity index (χ3n) is 2.68. The molecule has 2 heterocycles. The lowest BCUT2D eigenvalue weighted by Gasteiger charge is -2.06. The second kappa shape index (κ2) is 4.47. The molecule has 0 aliphatic rings. The molecule has 0 atom stereocenters. The van der Waals surface area contributed by atoms with E-state index in [9.17, 15) is 4.39 Å². The van der Waals surface area contributed by atoms with Crippen LogP contribution >= 0.6 is 11.6 Å². The average molecular weight is 278 g/mol. The number of hydrogen-bond donors (Lipinski definition) is 2. The molecule has 5 nitrogen and oxygen atoms in total. The second-order valence-electron chi connectivity index (χ2n) is 4.02. The van der Waals surface area contributed by atoms with E-state index in [2.05, 4.69) is 25.5 Å². The molecule has 0 bridgehead atoms. The van der Waals surface area contributed by atoms with Gasteiger partial charge in [-0.2, -0.15) is 10.1 Å². The Labute approximate surface area is 112 Å². The van der Waals surface area contributed by atoms with Gasteiger partial charge < -0.3 is 5.32 Å². The number of rotatable bonds is 2. The summed E-state index contributed by atoms with van der Waals surface area (Å²) >= 11 is 5.72. The van der Waals surface area contributed by atoms with Crippen LogP contribution < -0.4 is 5.32 Å². The van der Waals surface area contributed by atoms with Crippen LogP contribution in [0.5, 0.6) is 0 Å². The summed E-state index contributed by atoms with van der Waals surface area (Å²) < 4.78 is 13.1. The number of benzene rings is 1. The molecule has 0 amide bonds. The smallest absolute Gasteiger partial charge is 0.229 e. The van der Waals surface area contributed by atoms with Crippen molar-refractivity contribution in [1.82, 2.24) is 20.2 Å². The Morgan fingerprint density at radius 2 is 2.16 bits per heavy atom. The van der Waals surface area contributed by atoms with Crippen molar-refractivity contribution >= 4 is 34.3 Å². The SMILES string of the molecule is Cc1nc(Nc2ccc(F)c(Cl)c2)nc2[nH]ncc12. The number of anilines is 2. The van der Waals surface area contributed by atoms with Crippen molar-refractivity contribution in [1.29, 1.82) is 0 Å². The first-order valence-electron chi connectivity index (χ1n) is 5.53. The second-order valence-corrected chi connectivity index (χ2v) is 4.43. The van der Waals surface area contributed by atoms with Crippen LogP contribution in [0.25, 0.3) is 11.0 Å². The van der Waals surface area contributed by atoms with Crippen molar-refractivity contribution in [2.75, 3.05) is 5.32 Å². The third kappa shape index (κ3) is 2.22. The summed E-state index contributed by atoms with van der Waals surface area (Å²) in [5.41, 5.74) is 2.06. The first-order chi connectivity index (χ1) is 9.13. The zero-order chi connectivity index (χ0) is 13.4. The molecule has 0 radical (unpaired) electrons. The van der Waals surface area contributed by atoms with E-state index in [4.69, 9.17) is 11.6 Å². The van der Waals surface area contributed by atoms with Gasteiger partial charge in [-0.15, -0.1) is 0 Å². The van der Waals surface area contributed by atoms with Gasteiger partial charge in [-0.3, -0.25) is 5.10 Å². The lowest BCUT2D eigenvalue weighted by Crippen LogP contribution is -1.99. The van der Waals surface area contributed by atoms with E-state index in [-0.39, 0.29) is 5.02 Å².